The maximum Gasteiger partial charge on any atom is 0.293 e. The van der Waals surface area contributed by atoms with Crippen molar-refractivity contribution in [2.45, 2.75) is 6.61 Å². The van der Waals surface area contributed by atoms with Crippen LogP contribution < -0.4 is 0 Å². The third-order valence-corrected chi connectivity index (χ3v) is 1.97. The molecule has 1 N–H and O–H groups in total. The molecule has 0 aliphatic carbocycles. The number of rotatable bonds is 2. The highest BCUT2D eigenvalue weighted by Gasteiger charge is 2.18. The van der Waals surface area contributed by atoms with Crippen molar-refractivity contribution in [3.05, 3.63) is 37.9 Å². The fraction of sp³-hybridized carbons (Fsp3) is 0.143. The zero-order chi connectivity index (χ0) is 10.0. The normalized spacial score (nSPS) is 10.1. The Morgan fingerprint density at radius 2 is 2.08 bits per heavy atom. The van der Waals surface area contributed by atoms with Crippen molar-refractivity contribution in [3.63, 3.8) is 0 Å². The van der Waals surface area contributed by atoms with E-state index in [1.807, 2.05) is 0 Å². The van der Waals surface area contributed by atoms with E-state index in [0.717, 1.165) is 0 Å². The molecule has 6 heteroatoms. The Morgan fingerprint density at radius 1 is 1.46 bits per heavy atom. The SMILES string of the molecule is O=[N+]([O-])c1c(Cl)cc(Cl)cc1CO. The number of aliphatic hydroxyl groups excluding tert-OH is 1. The van der Waals surface area contributed by atoms with Gasteiger partial charge >= 0.3 is 0 Å². The van der Waals surface area contributed by atoms with Crippen LogP contribution in [0.15, 0.2) is 12.1 Å². The fourth-order valence-corrected chi connectivity index (χ4v) is 1.55. The van der Waals surface area contributed by atoms with E-state index in [4.69, 9.17) is 28.3 Å². The van der Waals surface area contributed by atoms with Crippen molar-refractivity contribution in [2.24, 2.45) is 0 Å². The van der Waals surface area contributed by atoms with Gasteiger partial charge in [0.05, 0.1) is 17.1 Å². The van der Waals surface area contributed by atoms with Crippen LogP contribution in [-0.4, -0.2) is 10.0 Å². The summed E-state index contributed by atoms with van der Waals surface area (Å²) in [5.74, 6) is 0. The zero-order valence-corrected chi connectivity index (χ0v) is 7.84. The van der Waals surface area contributed by atoms with E-state index >= 15 is 0 Å². The lowest BCUT2D eigenvalue weighted by Gasteiger charge is -2.01. The Bertz CT molecular complexity index is 354. The van der Waals surface area contributed by atoms with Gasteiger partial charge in [0, 0.05) is 5.02 Å². The number of nitro benzene ring substituents is 1. The quantitative estimate of drug-likeness (QED) is 0.617. The Hall–Kier alpha value is -0.840. The van der Waals surface area contributed by atoms with Crippen LogP contribution in [0.4, 0.5) is 5.69 Å². The Morgan fingerprint density at radius 3 is 2.54 bits per heavy atom. The van der Waals surface area contributed by atoms with Gasteiger partial charge in [0.25, 0.3) is 5.69 Å². The van der Waals surface area contributed by atoms with E-state index in [0.29, 0.717) is 0 Å². The topological polar surface area (TPSA) is 63.4 Å². The summed E-state index contributed by atoms with van der Waals surface area (Å²) >= 11 is 11.2. The maximum atomic E-state index is 10.5. The van der Waals surface area contributed by atoms with Crippen molar-refractivity contribution in [2.75, 3.05) is 0 Å². The lowest BCUT2D eigenvalue weighted by molar-refractivity contribution is -0.385. The summed E-state index contributed by atoms with van der Waals surface area (Å²) in [6.45, 7) is -0.462. The molecule has 0 bridgehead atoms. The van der Waals surface area contributed by atoms with Crippen LogP contribution in [0.2, 0.25) is 10.0 Å². The van der Waals surface area contributed by atoms with Gasteiger partial charge in [-0.1, -0.05) is 23.2 Å². The minimum atomic E-state index is -0.649. The monoisotopic (exact) mass is 221 g/mol. The lowest BCUT2D eigenvalue weighted by atomic mass is 10.2. The summed E-state index contributed by atoms with van der Waals surface area (Å²) in [5, 5.41) is 19.5. The van der Waals surface area contributed by atoms with Crippen molar-refractivity contribution >= 4 is 28.9 Å². The van der Waals surface area contributed by atoms with Crippen LogP contribution in [0.1, 0.15) is 5.56 Å². The minimum Gasteiger partial charge on any atom is -0.391 e. The van der Waals surface area contributed by atoms with E-state index in [9.17, 15) is 10.1 Å². The molecule has 0 spiro atoms. The molecule has 70 valence electrons. The van der Waals surface area contributed by atoms with Crippen LogP contribution in [-0.2, 0) is 6.61 Å². The van der Waals surface area contributed by atoms with Gasteiger partial charge in [0.15, 0.2) is 0 Å². The predicted molar refractivity (Wildman–Crippen MR) is 49.0 cm³/mol. The third-order valence-electron chi connectivity index (χ3n) is 1.46. The van der Waals surface area contributed by atoms with Crippen molar-refractivity contribution in [1.29, 1.82) is 0 Å². The van der Waals surface area contributed by atoms with Gasteiger partial charge in [0.2, 0.25) is 0 Å². The summed E-state index contributed by atoms with van der Waals surface area (Å²) in [7, 11) is 0. The van der Waals surface area contributed by atoms with E-state index in [1.165, 1.54) is 12.1 Å². The minimum absolute atomic E-state index is 0.0680. The van der Waals surface area contributed by atoms with Gasteiger partial charge in [-0.2, -0.15) is 0 Å². The van der Waals surface area contributed by atoms with Crippen LogP contribution >= 0.6 is 23.2 Å². The molecule has 1 aromatic rings. The van der Waals surface area contributed by atoms with Gasteiger partial charge in [-0.15, -0.1) is 0 Å². The number of halogens is 2. The first-order valence-electron chi connectivity index (χ1n) is 3.29. The molecule has 0 unspecified atom stereocenters. The van der Waals surface area contributed by atoms with Crippen molar-refractivity contribution in [1.82, 2.24) is 0 Å². The van der Waals surface area contributed by atoms with Gasteiger partial charge < -0.3 is 5.11 Å². The van der Waals surface area contributed by atoms with E-state index < -0.39 is 11.5 Å². The van der Waals surface area contributed by atoms with Gasteiger partial charge in [0.1, 0.15) is 5.02 Å². The smallest absolute Gasteiger partial charge is 0.293 e. The molecule has 0 heterocycles. The first-order chi connectivity index (χ1) is 6.06. The number of hydrogen-bond donors (Lipinski definition) is 1. The molecular formula is C7H5Cl2NO3. The lowest BCUT2D eigenvalue weighted by Crippen LogP contribution is -1.96. The highest BCUT2D eigenvalue weighted by atomic mass is 35.5. The van der Waals surface area contributed by atoms with Crippen LogP contribution in [0.25, 0.3) is 0 Å². The fourth-order valence-electron chi connectivity index (χ4n) is 0.944. The summed E-state index contributed by atoms with van der Waals surface area (Å²) in [4.78, 5) is 9.83. The molecule has 0 saturated heterocycles. The number of nitrogens with zero attached hydrogens (tertiary/aromatic N) is 1. The second kappa shape index (κ2) is 3.91. The molecule has 13 heavy (non-hydrogen) atoms. The molecule has 0 aromatic heterocycles. The summed E-state index contributed by atoms with van der Waals surface area (Å²) in [6, 6.07) is 2.58. The zero-order valence-electron chi connectivity index (χ0n) is 6.33. The maximum absolute atomic E-state index is 10.5. The molecular weight excluding hydrogens is 217 g/mol. The van der Waals surface area contributed by atoms with Gasteiger partial charge in [-0.25, -0.2) is 0 Å². The average Bonchev–Trinajstić information content (AvgIpc) is 2.01. The molecule has 1 rings (SSSR count). The van der Waals surface area contributed by atoms with Crippen LogP contribution in [0.3, 0.4) is 0 Å². The third kappa shape index (κ3) is 2.09. The van der Waals surface area contributed by atoms with E-state index in [2.05, 4.69) is 0 Å². The Kier molecular flexibility index (Phi) is 3.08. The molecule has 4 nitrogen and oxygen atoms in total. The number of hydrogen-bond acceptors (Lipinski definition) is 3. The van der Waals surface area contributed by atoms with Gasteiger partial charge in [-0.05, 0) is 12.1 Å². The molecule has 0 radical (unpaired) electrons. The highest BCUT2D eigenvalue weighted by Crippen LogP contribution is 2.31. The first-order valence-corrected chi connectivity index (χ1v) is 4.05. The summed E-state index contributed by atoms with van der Waals surface area (Å²) < 4.78 is 0. The number of aliphatic hydroxyl groups is 1. The molecule has 0 atom stereocenters. The molecule has 0 saturated carbocycles. The molecule has 0 amide bonds. The summed E-state index contributed by atoms with van der Waals surface area (Å²) in [5.41, 5.74) is -0.184. The average molecular weight is 222 g/mol. The second-order valence-electron chi connectivity index (χ2n) is 2.31. The highest BCUT2D eigenvalue weighted by molar-refractivity contribution is 6.36. The van der Waals surface area contributed by atoms with Crippen LogP contribution in [0, 0.1) is 10.1 Å². The standard InChI is InChI=1S/C7H5Cl2NO3/c8-5-1-4(3-11)7(10(12)13)6(9)2-5/h1-2,11H,3H2. The molecule has 0 aliphatic rings. The van der Waals surface area contributed by atoms with Crippen LogP contribution in [0.5, 0.6) is 0 Å². The van der Waals surface area contributed by atoms with E-state index in [1.54, 1.807) is 0 Å². The number of benzene rings is 1. The second-order valence-corrected chi connectivity index (χ2v) is 3.15. The predicted octanol–water partition coefficient (Wildman–Crippen LogP) is 2.39. The Balaban J connectivity index is 3.38. The van der Waals surface area contributed by atoms with Crippen molar-refractivity contribution < 1.29 is 10.0 Å². The number of nitro groups is 1. The molecule has 1 aromatic carbocycles. The van der Waals surface area contributed by atoms with E-state index in [-0.39, 0.29) is 21.3 Å². The summed E-state index contributed by atoms with van der Waals surface area (Å²) in [6.07, 6.45) is 0. The van der Waals surface area contributed by atoms with Crippen molar-refractivity contribution in [3.8, 4) is 0 Å². The molecule has 0 aliphatic heterocycles. The molecule has 0 fully saturated rings. The largest absolute Gasteiger partial charge is 0.391 e. The van der Waals surface area contributed by atoms with Gasteiger partial charge in [-0.3, -0.25) is 10.1 Å². The first kappa shape index (κ1) is 10.2. The Labute approximate surface area is 83.9 Å².